The SMILES string of the molecule is COc1ccccc1CC(C)(C)NC(C)c1cnccn1. The van der Waals surface area contributed by atoms with Gasteiger partial charge in [0.1, 0.15) is 5.75 Å². The Balaban J connectivity index is 2.08. The van der Waals surface area contributed by atoms with Crippen LogP contribution in [0.2, 0.25) is 0 Å². The first-order chi connectivity index (χ1) is 10.0. The summed E-state index contributed by atoms with van der Waals surface area (Å²) in [6.45, 7) is 6.48. The van der Waals surface area contributed by atoms with Gasteiger partial charge in [0.05, 0.1) is 12.8 Å². The summed E-state index contributed by atoms with van der Waals surface area (Å²) in [5.41, 5.74) is 2.07. The highest BCUT2D eigenvalue weighted by Gasteiger charge is 2.23. The van der Waals surface area contributed by atoms with Crippen molar-refractivity contribution in [2.45, 2.75) is 38.8 Å². The Bertz CT molecular complexity index is 569. The maximum atomic E-state index is 5.43. The summed E-state index contributed by atoms with van der Waals surface area (Å²) < 4.78 is 5.43. The molecule has 1 N–H and O–H groups in total. The maximum Gasteiger partial charge on any atom is 0.122 e. The molecule has 1 aromatic carbocycles. The number of aromatic nitrogens is 2. The van der Waals surface area contributed by atoms with Crippen molar-refractivity contribution >= 4 is 0 Å². The van der Waals surface area contributed by atoms with E-state index in [4.69, 9.17) is 4.74 Å². The van der Waals surface area contributed by atoms with Crippen LogP contribution in [0, 0.1) is 0 Å². The lowest BCUT2D eigenvalue weighted by molar-refractivity contribution is 0.334. The average Bonchev–Trinajstić information content (AvgIpc) is 2.47. The van der Waals surface area contributed by atoms with Gasteiger partial charge in [0, 0.05) is 30.2 Å². The second kappa shape index (κ2) is 6.68. The molecular weight excluding hydrogens is 262 g/mol. The molecule has 0 spiro atoms. The number of para-hydroxylation sites is 1. The van der Waals surface area contributed by atoms with Gasteiger partial charge in [0.2, 0.25) is 0 Å². The van der Waals surface area contributed by atoms with Gasteiger partial charge in [0.15, 0.2) is 0 Å². The monoisotopic (exact) mass is 285 g/mol. The van der Waals surface area contributed by atoms with E-state index in [2.05, 4.69) is 42.1 Å². The van der Waals surface area contributed by atoms with Gasteiger partial charge in [-0.15, -0.1) is 0 Å². The van der Waals surface area contributed by atoms with Crippen LogP contribution in [0.15, 0.2) is 42.9 Å². The average molecular weight is 285 g/mol. The van der Waals surface area contributed by atoms with Crippen molar-refractivity contribution in [1.29, 1.82) is 0 Å². The molecule has 0 radical (unpaired) electrons. The molecule has 1 heterocycles. The molecule has 4 nitrogen and oxygen atoms in total. The quantitative estimate of drug-likeness (QED) is 0.885. The zero-order valence-corrected chi connectivity index (χ0v) is 13.1. The first kappa shape index (κ1) is 15.4. The summed E-state index contributed by atoms with van der Waals surface area (Å²) in [6, 6.07) is 8.28. The van der Waals surface area contributed by atoms with Gasteiger partial charge in [-0.3, -0.25) is 9.97 Å². The van der Waals surface area contributed by atoms with Gasteiger partial charge in [-0.25, -0.2) is 0 Å². The lowest BCUT2D eigenvalue weighted by Gasteiger charge is -2.30. The van der Waals surface area contributed by atoms with Gasteiger partial charge < -0.3 is 10.1 Å². The number of methoxy groups -OCH3 is 1. The van der Waals surface area contributed by atoms with Gasteiger partial charge in [-0.2, -0.15) is 0 Å². The zero-order valence-electron chi connectivity index (χ0n) is 13.1. The lowest BCUT2D eigenvalue weighted by atomic mass is 9.93. The normalized spacial score (nSPS) is 13.0. The highest BCUT2D eigenvalue weighted by Crippen LogP contribution is 2.24. The second-order valence-corrected chi connectivity index (χ2v) is 5.87. The molecule has 21 heavy (non-hydrogen) atoms. The minimum absolute atomic E-state index is 0.0778. The molecule has 1 aromatic heterocycles. The number of benzene rings is 1. The predicted molar refractivity (Wildman–Crippen MR) is 84.4 cm³/mol. The highest BCUT2D eigenvalue weighted by atomic mass is 16.5. The second-order valence-electron chi connectivity index (χ2n) is 5.87. The van der Waals surface area contributed by atoms with Crippen molar-refractivity contribution in [3.8, 4) is 5.75 Å². The van der Waals surface area contributed by atoms with Crippen LogP contribution in [0.1, 0.15) is 38.1 Å². The van der Waals surface area contributed by atoms with Crippen molar-refractivity contribution in [2.24, 2.45) is 0 Å². The summed E-state index contributed by atoms with van der Waals surface area (Å²) in [7, 11) is 1.71. The molecule has 0 aliphatic heterocycles. The third-order valence-corrected chi connectivity index (χ3v) is 3.46. The minimum Gasteiger partial charge on any atom is -0.496 e. The molecular formula is C17H23N3O. The fraction of sp³-hybridized carbons (Fsp3) is 0.412. The summed E-state index contributed by atoms with van der Waals surface area (Å²) in [4.78, 5) is 8.48. The third-order valence-electron chi connectivity index (χ3n) is 3.46. The lowest BCUT2D eigenvalue weighted by Crippen LogP contribution is -2.43. The molecule has 112 valence electrons. The van der Waals surface area contributed by atoms with E-state index in [1.165, 1.54) is 5.56 Å². The van der Waals surface area contributed by atoms with E-state index in [0.29, 0.717) is 0 Å². The molecule has 1 atom stereocenters. The van der Waals surface area contributed by atoms with E-state index in [9.17, 15) is 0 Å². The van der Waals surface area contributed by atoms with Gasteiger partial charge >= 0.3 is 0 Å². The fourth-order valence-corrected chi connectivity index (χ4v) is 2.57. The number of rotatable bonds is 6. The van der Waals surface area contributed by atoms with Crippen LogP contribution in [0.3, 0.4) is 0 Å². The molecule has 0 amide bonds. The minimum atomic E-state index is -0.0778. The number of hydrogen-bond donors (Lipinski definition) is 1. The summed E-state index contributed by atoms with van der Waals surface area (Å²) in [6.07, 6.45) is 6.09. The van der Waals surface area contributed by atoms with Crippen molar-refractivity contribution in [3.05, 3.63) is 54.1 Å². The predicted octanol–water partition coefficient (Wildman–Crippen LogP) is 3.16. The third kappa shape index (κ3) is 4.26. The van der Waals surface area contributed by atoms with Crippen molar-refractivity contribution in [1.82, 2.24) is 15.3 Å². The molecule has 1 unspecified atom stereocenters. The van der Waals surface area contributed by atoms with Crippen LogP contribution >= 0.6 is 0 Å². The molecule has 0 bridgehead atoms. The summed E-state index contributed by atoms with van der Waals surface area (Å²) >= 11 is 0. The Labute approximate surface area is 126 Å². The van der Waals surface area contributed by atoms with Crippen LogP contribution in [-0.2, 0) is 6.42 Å². The van der Waals surface area contributed by atoms with E-state index in [0.717, 1.165) is 17.9 Å². The zero-order chi connectivity index (χ0) is 15.3. The van der Waals surface area contributed by atoms with Crippen molar-refractivity contribution < 1.29 is 4.74 Å². The summed E-state index contributed by atoms with van der Waals surface area (Å²) in [5, 5.41) is 3.61. The Morgan fingerprint density at radius 1 is 1.24 bits per heavy atom. The van der Waals surface area contributed by atoms with E-state index >= 15 is 0 Å². The molecule has 4 heteroatoms. The Hall–Kier alpha value is -1.94. The Kier molecular flexibility index (Phi) is 4.91. The first-order valence-electron chi connectivity index (χ1n) is 7.17. The Morgan fingerprint density at radius 3 is 2.67 bits per heavy atom. The van der Waals surface area contributed by atoms with Gasteiger partial charge in [-0.05, 0) is 38.8 Å². The van der Waals surface area contributed by atoms with Crippen LogP contribution < -0.4 is 10.1 Å². The molecule has 2 rings (SSSR count). The first-order valence-corrected chi connectivity index (χ1v) is 7.17. The number of nitrogens with zero attached hydrogens (tertiary/aromatic N) is 2. The summed E-state index contributed by atoms with van der Waals surface area (Å²) in [5.74, 6) is 0.930. The van der Waals surface area contributed by atoms with Crippen molar-refractivity contribution in [3.63, 3.8) is 0 Å². The number of ether oxygens (including phenoxy) is 1. The van der Waals surface area contributed by atoms with Gasteiger partial charge in [0.25, 0.3) is 0 Å². The topological polar surface area (TPSA) is 47.0 Å². The van der Waals surface area contributed by atoms with Gasteiger partial charge in [-0.1, -0.05) is 18.2 Å². The Morgan fingerprint density at radius 2 is 2.00 bits per heavy atom. The largest absolute Gasteiger partial charge is 0.496 e. The molecule has 0 saturated heterocycles. The highest BCUT2D eigenvalue weighted by molar-refractivity contribution is 5.34. The number of hydrogen-bond acceptors (Lipinski definition) is 4. The molecule has 2 aromatic rings. The smallest absolute Gasteiger partial charge is 0.122 e. The van der Waals surface area contributed by atoms with Crippen LogP contribution in [0.5, 0.6) is 5.75 Å². The van der Waals surface area contributed by atoms with E-state index in [1.54, 1.807) is 25.7 Å². The van der Waals surface area contributed by atoms with Crippen LogP contribution in [-0.4, -0.2) is 22.6 Å². The fourth-order valence-electron chi connectivity index (χ4n) is 2.57. The molecule has 0 fully saturated rings. The van der Waals surface area contributed by atoms with Crippen LogP contribution in [0.4, 0.5) is 0 Å². The molecule has 0 saturated carbocycles. The maximum absolute atomic E-state index is 5.43. The molecule has 0 aliphatic rings. The van der Waals surface area contributed by atoms with Crippen molar-refractivity contribution in [2.75, 3.05) is 7.11 Å². The van der Waals surface area contributed by atoms with E-state index in [1.807, 2.05) is 18.2 Å². The standard InChI is InChI=1S/C17H23N3O/c1-13(15-12-18-9-10-19-15)20-17(2,3)11-14-7-5-6-8-16(14)21-4/h5-10,12-13,20H,11H2,1-4H3. The number of nitrogens with one attached hydrogen (secondary N) is 1. The van der Waals surface area contributed by atoms with E-state index < -0.39 is 0 Å². The van der Waals surface area contributed by atoms with E-state index in [-0.39, 0.29) is 11.6 Å². The van der Waals surface area contributed by atoms with Crippen LogP contribution in [0.25, 0.3) is 0 Å². The molecule has 0 aliphatic carbocycles.